The minimum Gasteiger partial charge on any atom is -0.340 e. The molecule has 0 atom stereocenters. The van der Waals surface area contributed by atoms with Gasteiger partial charge in [-0.05, 0) is 38.0 Å². The minimum absolute atomic E-state index is 0.0353. The smallest absolute Gasteiger partial charge is 0.273 e. The highest BCUT2D eigenvalue weighted by atomic mass is 16.2. The van der Waals surface area contributed by atoms with Gasteiger partial charge in [-0.3, -0.25) is 19.5 Å². The van der Waals surface area contributed by atoms with Crippen molar-refractivity contribution in [2.24, 2.45) is 0 Å². The summed E-state index contributed by atoms with van der Waals surface area (Å²) in [5.74, 6) is -0.0353. The number of fused-ring (bicyclic) bond motifs is 1. The number of aromatic amines is 1. The molecule has 0 unspecified atom stereocenters. The fourth-order valence-electron chi connectivity index (χ4n) is 3.32. The van der Waals surface area contributed by atoms with Crippen molar-refractivity contribution in [3.8, 4) is 0 Å². The second-order valence-electron chi connectivity index (χ2n) is 7.11. The number of carbonyl (C=O) groups excluding carboxylic acids is 1. The van der Waals surface area contributed by atoms with Gasteiger partial charge in [-0.2, -0.15) is 0 Å². The Labute approximate surface area is 163 Å². The van der Waals surface area contributed by atoms with Crippen molar-refractivity contribution in [1.82, 2.24) is 14.7 Å². The first kappa shape index (κ1) is 19.6. The van der Waals surface area contributed by atoms with Gasteiger partial charge in [0, 0.05) is 19.0 Å². The monoisotopic (exact) mass is 379 g/mol. The average Bonchev–Trinajstić information content (AvgIpc) is 2.70. The third kappa shape index (κ3) is 4.39. The second kappa shape index (κ2) is 8.69. The number of benzene rings is 2. The lowest BCUT2D eigenvalue weighted by molar-refractivity contribution is -0.133. The summed E-state index contributed by atoms with van der Waals surface area (Å²) in [6, 6.07) is 16.8. The van der Waals surface area contributed by atoms with Crippen LogP contribution in [0.2, 0.25) is 0 Å². The molecule has 0 bridgehead atoms. The van der Waals surface area contributed by atoms with E-state index in [0.717, 1.165) is 6.42 Å². The van der Waals surface area contributed by atoms with Crippen molar-refractivity contribution in [2.75, 3.05) is 6.54 Å². The van der Waals surface area contributed by atoms with Crippen LogP contribution in [-0.2, 0) is 17.8 Å². The predicted molar refractivity (Wildman–Crippen MR) is 110 cm³/mol. The van der Waals surface area contributed by atoms with Crippen LogP contribution in [0.5, 0.6) is 0 Å². The lowest BCUT2D eigenvalue weighted by Crippen LogP contribution is -2.40. The third-order valence-corrected chi connectivity index (χ3v) is 4.86. The molecule has 6 heteroatoms. The number of aromatic nitrogens is 2. The largest absolute Gasteiger partial charge is 0.340 e. The standard InChI is InChI=1S/C22H25N3O3/c1-16(2)24(14-12-17-8-4-3-5-9-17)20(26)13-15-25-22(28)19-11-7-6-10-18(19)21(27)23-25/h3-11,16H,12-15H2,1-2H3,(H,23,27). The first-order valence-corrected chi connectivity index (χ1v) is 9.52. The van der Waals surface area contributed by atoms with Gasteiger partial charge in [0.15, 0.2) is 0 Å². The molecular formula is C22H25N3O3. The van der Waals surface area contributed by atoms with Gasteiger partial charge in [0.1, 0.15) is 0 Å². The Morgan fingerprint density at radius 1 is 1.00 bits per heavy atom. The first-order chi connectivity index (χ1) is 13.5. The fraction of sp³-hybridized carbons (Fsp3) is 0.318. The Hall–Kier alpha value is -3.15. The third-order valence-electron chi connectivity index (χ3n) is 4.86. The van der Waals surface area contributed by atoms with E-state index in [4.69, 9.17) is 0 Å². The molecule has 1 amide bonds. The van der Waals surface area contributed by atoms with Crippen molar-refractivity contribution in [1.29, 1.82) is 0 Å². The van der Waals surface area contributed by atoms with E-state index in [2.05, 4.69) is 5.10 Å². The van der Waals surface area contributed by atoms with Crippen molar-refractivity contribution in [2.45, 2.75) is 39.3 Å². The van der Waals surface area contributed by atoms with Crippen LogP contribution in [0.4, 0.5) is 0 Å². The van der Waals surface area contributed by atoms with Crippen molar-refractivity contribution in [3.05, 3.63) is 80.9 Å². The number of hydrogen-bond acceptors (Lipinski definition) is 3. The van der Waals surface area contributed by atoms with Crippen LogP contribution in [0.1, 0.15) is 25.8 Å². The summed E-state index contributed by atoms with van der Waals surface area (Å²) in [6.07, 6.45) is 0.929. The predicted octanol–water partition coefficient (Wildman–Crippen LogP) is 2.56. The summed E-state index contributed by atoms with van der Waals surface area (Å²) < 4.78 is 1.23. The molecule has 6 nitrogen and oxygen atoms in total. The van der Waals surface area contributed by atoms with Crippen LogP contribution in [-0.4, -0.2) is 33.2 Å². The van der Waals surface area contributed by atoms with Crippen molar-refractivity contribution >= 4 is 16.7 Å². The van der Waals surface area contributed by atoms with Crippen LogP contribution >= 0.6 is 0 Å². The van der Waals surface area contributed by atoms with Crippen molar-refractivity contribution < 1.29 is 4.79 Å². The van der Waals surface area contributed by atoms with Crippen LogP contribution in [0, 0.1) is 0 Å². The summed E-state index contributed by atoms with van der Waals surface area (Å²) in [7, 11) is 0. The van der Waals surface area contributed by atoms with Gasteiger partial charge in [-0.25, -0.2) is 4.68 Å². The molecule has 2 aromatic carbocycles. The summed E-state index contributed by atoms with van der Waals surface area (Å²) in [5.41, 5.74) is 0.562. The van der Waals surface area contributed by atoms with Crippen molar-refractivity contribution in [3.63, 3.8) is 0 Å². The van der Waals surface area contributed by atoms with E-state index >= 15 is 0 Å². The lowest BCUT2D eigenvalue weighted by Gasteiger charge is -2.27. The topological polar surface area (TPSA) is 75.2 Å². The second-order valence-corrected chi connectivity index (χ2v) is 7.11. The molecule has 0 saturated heterocycles. The molecule has 0 aliphatic carbocycles. The number of carbonyl (C=O) groups is 1. The number of hydrogen-bond donors (Lipinski definition) is 1. The number of amides is 1. The van der Waals surface area contributed by atoms with E-state index < -0.39 is 0 Å². The Balaban J connectivity index is 1.71. The van der Waals surface area contributed by atoms with Gasteiger partial charge in [0.2, 0.25) is 5.91 Å². The highest BCUT2D eigenvalue weighted by Gasteiger charge is 2.17. The highest BCUT2D eigenvalue weighted by Crippen LogP contribution is 2.08. The molecule has 1 aromatic heterocycles. The Morgan fingerprint density at radius 2 is 1.64 bits per heavy atom. The molecule has 0 aliphatic heterocycles. The zero-order valence-electron chi connectivity index (χ0n) is 16.2. The maximum atomic E-state index is 12.8. The highest BCUT2D eigenvalue weighted by molar-refractivity contribution is 5.80. The maximum Gasteiger partial charge on any atom is 0.273 e. The number of H-pyrrole nitrogens is 1. The molecule has 1 N–H and O–H groups in total. The number of nitrogens with one attached hydrogen (secondary N) is 1. The van der Waals surface area contributed by atoms with Gasteiger partial charge < -0.3 is 4.90 Å². The molecule has 0 spiro atoms. The molecule has 3 rings (SSSR count). The minimum atomic E-state index is -0.326. The molecule has 1 heterocycles. The Bertz CT molecular complexity index is 1070. The maximum absolute atomic E-state index is 12.8. The summed E-state index contributed by atoms with van der Waals surface area (Å²) in [5, 5.41) is 3.30. The quantitative estimate of drug-likeness (QED) is 0.686. The molecule has 0 aliphatic rings. The molecule has 0 fully saturated rings. The summed E-state index contributed by atoms with van der Waals surface area (Å²) in [6.45, 7) is 4.72. The Morgan fingerprint density at radius 3 is 2.32 bits per heavy atom. The van der Waals surface area contributed by atoms with Gasteiger partial charge in [0.25, 0.3) is 11.1 Å². The molecular weight excluding hydrogens is 354 g/mol. The number of rotatable bonds is 7. The first-order valence-electron chi connectivity index (χ1n) is 9.52. The van der Waals surface area contributed by atoms with Gasteiger partial charge >= 0.3 is 0 Å². The van der Waals surface area contributed by atoms with Gasteiger partial charge in [-0.15, -0.1) is 0 Å². The van der Waals surface area contributed by atoms with Crippen LogP contribution in [0.3, 0.4) is 0 Å². The van der Waals surface area contributed by atoms with E-state index in [1.54, 1.807) is 24.3 Å². The molecule has 28 heavy (non-hydrogen) atoms. The van der Waals surface area contributed by atoms with Gasteiger partial charge in [0.05, 0.1) is 17.3 Å². The summed E-state index contributed by atoms with van der Waals surface area (Å²) in [4.78, 5) is 39.3. The Kier molecular flexibility index (Phi) is 6.09. The van der Waals surface area contributed by atoms with E-state index in [1.165, 1.54) is 10.2 Å². The molecule has 3 aromatic rings. The lowest BCUT2D eigenvalue weighted by atomic mass is 10.1. The normalized spacial score (nSPS) is 11.1. The fourth-order valence-corrected chi connectivity index (χ4v) is 3.32. The van der Waals surface area contributed by atoms with E-state index in [-0.39, 0.29) is 36.0 Å². The average molecular weight is 379 g/mol. The van der Waals surface area contributed by atoms with Crippen LogP contribution < -0.4 is 11.1 Å². The molecule has 146 valence electrons. The molecule has 0 saturated carbocycles. The zero-order valence-corrected chi connectivity index (χ0v) is 16.2. The SMILES string of the molecule is CC(C)N(CCc1ccccc1)C(=O)CCn1[nH]c(=O)c2ccccc2c1=O. The van der Waals surface area contributed by atoms with E-state index in [0.29, 0.717) is 17.3 Å². The van der Waals surface area contributed by atoms with E-state index in [9.17, 15) is 14.4 Å². The molecule has 0 radical (unpaired) electrons. The van der Waals surface area contributed by atoms with E-state index in [1.807, 2.05) is 49.1 Å². The van der Waals surface area contributed by atoms with Crippen LogP contribution in [0.15, 0.2) is 64.2 Å². The van der Waals surface area contributed by atoms with Crippen LogP contribution in [0.25, 0.3) is 10.8 Å². The summed E-state index contributed by atoms with van der Waals surface area (Å²) >= 11 is 0. The number of nitrogens with zero attached hydrogens (tertiary/aromatic N) is 2. The number of aryl methyl sites for hydroxylation is 1. The van der Waals surface area contributed by atoms with Gasteiger partial charge in [-0.1, -0.05) is 42.5 Å². The zero-order chi connectivity index (χ0) is 20.1.